The summed E-state index contributed by atoms with van der Waals surface area (Å²) in [6, 6.07) is 4.30. The molecule has 1 unspecified atom stereocenters. The molecule has 14 heavy (non-hydrogen) atoms. The zero-order valence-electron chi connectivity index (χ0n) is 8.06. The maximum Gasteiger partial charge on any atom is 0.159 e. The summed E-state index contributed by atoms with van der Waals surface area (Å²) in [5.41, 5.74) is 0.842. The van der Waals surface area contributed by atoms with Crippen LogP contribution in [0.25, 0.3) is 0 Å². The van der Waals surface area contributed by atoms with E-state index in [4.69, 9.17) is 0 Å². The van der Waals surface area contributed by atoms with Crippen molar-refractivity contribution in [1.29, 1.82) is 0 Å². The standard InChI is InChI=1S/C11H13F2N/c1-14-11(7-2-3-7)8-4-5-9(12)10(13)6-8/h4-7,11,14H,2-3H2,1H3. The molecule has 1 aliphatic rings. The lowest BCUT2D eigenvalue weighted by Gasteiger charge is -2.15. The topological polar surface area (TPSA) is 12.0 Å². The summed E-state index contributed by atoms with van der Waals surface area (Å²) in [5, 5.41) is 3.14. The highest BCUT2D eigenvalue weighted by atomic mass is 19.2. The molecule has 0 aliphatic heterocycles. The summed E-state index contributed by atoms with van der Waals surface area (Å²) < 4.78 is 25.6. The van der Waals surface area contributed by atoms with Crippen LogP contribution < -0.4 is 5.32 Å². The fourth-order valence-corrected chi connectivity index (χ4v) is 1.81. The van der Waals surface area contributed by atoms with E-state index < -0.39 is 11.6 Å². The molecule has 0 aromatic heterocycles. The zero-order valence-corrected chi connectivity index (χ0v) is 8.06. The van der Waals surface area contributed by atoms with Gasteiger partial charge in [-0.3, -0.25) is 0 Å². The fraction of sp³-hybridized carbons (Fsp3) is 0.455. The SMILES string of the molecule is CNC(c1ccc(F)c(F)c1)C1CC1. The van der Waals surface area contributed by atoms with Gasteiger partial charge in [0.15, 0.2) is 11.6 Å². The smallest absolute Gasteiger partial charge is 0.159 e. The first-order valence-corrected chi connectivity index (χ1v) is 4.84. The Kier molecular flexibility index (Phi) is 2.50. The summed E-state index contributed by atoms with van der Waals surface area (Å²) in [7, 11) is 1.85. The highest BCUT2D eigenvalue weighted by Crippen LogP contribution is 2.40. The van der Waals surface area contributed by atoms with E-state index in [0.717, 1.165) is 5.56 Å². The monoisotopic (exact) mass is 197 g/mol. The summed E-state index contributed by atoms with van der Waals surface area (Å²) in [6.07, 6.45) is 2.34. The van der Waals surface area contributed by atoms with Crippen LogP contribution in [0.5, 0.6) is 0 Å². The average Bonchev–Trinajstić information content (AvgIpc) is 2.96. The van der Waals surface area contributed by atoms with E-state index in [1.807, 2.05) is 7.05 Å². The molecule has 0 spiro atoms. The van der Waals surface area contributed by atoms with Gasteiger partial charge in [-0.2, -0.15) is 0 Å². The third-order valence-electron chi connectivity index (χ3n) is 2.71. The van der Waals surface area contributed by atoms with E-state index in [1.165, 1.54) is 25.0 Å². The van der Waals surface area contributed by atoms with E-state index in [1.54, 1.807) is 6.07 Å². The maximum atomic E-state index is 13.0. The minimum Gasteiger partial charge on any atom is -0.313 e. The summed E-state index contributed by atoms with van der Waals surface area (Å²) in [4.78, 5) is 0. The predicted molar refractivity (Wildman–Crippen MR) is 50.9 cm³/mol. The predicted octanol–water partition coefficient (Wildman–Crippen LogP) is 2.64. The third-order valence-corrected chi connectivity index (χ3v) is 2.71. The van der Waals surface area contributed by atoms with Crippen LogP contribution in [0.4, 0.5) is 8.78 Å². The number of rotatable bonds is 3. The van der Waals surface area contributed by atoms with Crippen molar-refractivity contribution in [2.24, 2.45) is 5.92 Å². The Labute approximate surface area is 82.1 Å². The first-order chi connectivity index (χ1) is 6.72. The average molecular weight is 197 g/mol. The Bertz CT molecular complexity index is 334. The molecule has 0 amide bonds. The van der Waals surface area contributed by atoms with Gasteiger partial charge in [-0.25, -0.2) is 8.78 Å². The molecule has 3 heteroatoms. The number of benzene rings is 1. The van der Waals surface area contributed by atoms with E-state index >= 15 is 0 Å². The Morgan fingerprint density at radius 1 is 1.29 bits per heavy atom. The maximum absolute atomic E-state index is 13.0. The van der Waals surface area contributed by atoms with Crippen LogP contribution in [-0.2, 0) is 0 Å². The molecule has 1 aromatic rings. The minimum absolute atomic E-state index is 0.171. The van der Waals surface area contributed by atoms with E-state index in [2.05, 4.69) is 5.32 Å². The summed E-state index contributed by atoms with van der Waals surface area (Å²) >= 11 is 0. The van der Waals surface area contributed by atoms with Gasteiger partial charge < -0.3 is 5.32 Å². The molecule has 0 heterocycles. The molecule has 1 fully saturated rings. The second-order valence-electron chi connectivity index (χ2n) is 3.78. The second kappa shape index (κ2) is 3.65. The van der Waals surface area contributed by atoms with Gasteiger partial charge in [-0.15, -0.1) is 0 Å². The molecule has 76 valence electrons. The molecule has 1 saturated carbocycles. The van der Waals surface area contributed by atoms with Crippen molar-refractivity contribution in [3.05, 3.63) is 35.4 Å². The van der Waals surface area contributed by atoms with Gasteiger partial charge in [-0.05, 0) is 43.5 Å². The first kappa shape index (κ1) is 9.59. The minimum atomic E-state index is -0.778. The molecule has 0 saturated heterocycles. The van der Waals surface area contributed by atoms with Crippen molar-refractivity contribution in [2.45, 2.75) is 18.9 Å². The highest BCUT2D eigenvalue weighted by molar-refractivity contribution is 5.23. The number of nitrogens with one attached hydrogen (secondary N) is 1. The van der Waals surface area contributed by atoms with E-state index in [0.29, 0.717) is 5.92 Å². The normalized spacial score (nSPS) is 18.2. The van der Waals surface area contributed by atoms with Crippen LogP contribution in [0.2, 0.25) is 0 Å². The van der Waals surface area contributed by atoms with Gasteiger partial charge in [0.05, 0.1) is 0 Å². The van der Waals surface area contributed by atoms with E-state index in [-0.39, 0.29) is 6.04 Å². The molecule has 2 rings (SSSR count). The lowest BCUT2D eigenvalue weighted by Crippen LogP contribution is -2.18. The molecule has 1 nitrogen and oxygen atoms in total. The van der Waals surface area contributed by atoms with Crippen LogP contribution in [0, 0.1) is 17.6 Å². The second-order valence-corrected chi connectivity index (χ2v) is 3.78. The van der Waals surface area contributed by atoms with Crippen LogP contribution >= 0.6 is 0 Å². The number of hydrogen-bond donors (Lipinski definition) is 1. The Morgan fingerprint density at radius 3 is 2.50 bits per heavy atom. The van der Waals surface area contributed by atoms with Crippen molar-refractivity contribution in [2.75, 3.05) is 7.05 Å². The highest BCUT2D eigenvalue weighted by Gasteiger charge is 2.31. The van der Waals surface area contributed by atoms with Crippen LogP contribution in [-0.4, -0.2) is 7.05 Å². The molecular weight excluding hydrogens is 184 g/mol. The Hall–Kier alpha value is -0.960. The molecule has 1 aliphatic carbocycles. The van der Waals surface area contributed by atoms with Crippen molar-refractivity contribution in [1.82, 2.24) is 5.32 Å². The van der Waals surface area contributed by atoms with E-state index in [9.17, 15) is 8.78 Å². The molecule has 0 radical (unpaired) electrons. The largest absolute Gasteiger partial charge is 0.313 e. The lowest BCUT2D eigenvalue weighted by molar-refractivity contribution is 0.491. The van der Waals surface area contributed by atoms with Gasteiger partial charge in [0.25, 0.3) is 0 Å². The Morgan fingerprint density at radius 2 is 2.00 bits per heavy atom. The lowest BCUT2D eigenvalue weighted by atomic mass is 10.0. The van der Waals surface area contributed by atoms with Gasteiger partial charge in [0, 0.05) is 6.04 Å². The summed E-state index contributed by atoms with van der Waals surface area (Å²) in [6.45, 7) is 0. The quantitative estimate of drug-likeness (QED) is 0.785. The third kappa shape index (κ3) is 1.77. The number of halogens is 2. The van der Waals surface area contributed by atoms with Crippen LogP contribution in [0.15, 0.2) is 18.2 Å². The molecule has 1 N–H and O–H groups in total. The summed E-state index contributed by atoms with van der Waals surface area (Å²) in [5.74, 6) is -0.951. The van der Waals surface area contributed by atoms with Crippen LogP contribution in [0.3, 0.4) is 0 Å². The van der Waals surface area contributed by atoms with Gasteiger partial charge in [0.1, 0.15) is 0 Å². The molecule has 1 aromatic carbocycles. The van der Waals surface area contributed by atoms with Crippen molar-refractivity contribution in [3.8, 4) is 0 Å². The van der Waals surface area contributed by atoms with Gasteiger partial charge in [0.2, 0.25) is 0 Å². The van der Waals surface area contributed by atoms with Crippen molar-refractivity contribution in [3.63, 3.8) is 0 Å². The Balaban J connectivity index is 2.25. The fourth-order valence-electron chi connectivity index (χ4n) is 1.81. The molecular formula is C11H13F2N. The number of hydrogen-bond acceptors (Lipinski definition) is 1. The zero-order chi connectivity index (χ0) is 10.1. The molecule has 1 atom stereocenters. The van der Waals surface area contributed by atoms with Crippen molar-refractivity contribution < 1.29 is 8.78 Å². The van der Waals surface area contributed by atoms with Crippen molar-refractivity contribution >= 4 is 0 Å². The molecule has 0 bridgehead atoms. The first-order valence-electron chi connectivity index (χ1n) is 4.84. The van der Waals surface area contributed by atoms with Crippen LogP contribution in [0.1, 0.15) is 24.4 Å². The van der Waals surface area contributed by atoms with Gasteiger partial charge in [-0.1, -0.05) is 6.07 Å². The van der Waals surface area contributed by atoms with Gasteiger partial charge >= 0.3 is 0 Å².